The molecule has 1 rings (SSSR count). The molecule has 1 saturated heterocycles. The Balaban J connectivity index is 2.18. The van der Waals surface area contributed by atoms with Gasteiger partial charge in [0.15, 0.2) is 0 Å². The van der Waals surface area contributed by atoms with Crippen LogP contribution < -0.4 is 10.6 Å². The number of amides is 2. The highest BCUT2D eigenvalue weighted by Crippen LogP contribution is 2.13. The highest BCUT2D eigenvalue weighted by atomic mass is 16.4. The molecule has 1 aliphatic rings. The Bertz CT molecular complexity index is 310. The molecule has 2 atom stereocenters. The Morgan fingerprint density at radius 3 is 2.74 bits per heavy atom. The summed E-state index contributed by atoms with van der Waals surface area (Å²) < 4.78 is 0. The molecule has 0 radical (unpaired) electrons. The van der Waals surface area contributed by atoms with Crippen LogP contribution >= 0.6 is 0 Å². The molecule has 0 aliphatic carbocycles. The molecule has 0 aromatic rings. The molecule has 110 valence electrons. The highest BCUT2D eigenvalue weighted by molar-refractivity contribution is 5.75. The van der Waals surface area contributed by atoms with Crippen LogP contribution in [0.15, 0.2) is 0 Å². The number of hydrogen-bond acceptors (Lipinski definition) is 3. The topological polar surface area (TPSA) is 81.7 Å². The second-order valence-corrected chi connectivity index (χ2v) is 5.30. The minimum atomic E-state index is -0.864. The van der Waals surface area contributed by atoms with Crippen LogP contribution in [0.25, 0.3) is 0 Å². The molecule has 6 nitrogen and oxygen atoms in total. The molecule has 0 aromatic carbocycles. The number of carbonyl (C=O) groups is 2. The van der Waals surface area contributed by atoms with Crippen LogP contribution in [-0.2, 0) is 4.79 Å². The van der Waals surface area contributed by atoms with Crippen LogP contribution in [-0.4, -0.2) is 55.2 Å². The number of likely N-dealkylation sites (tertiary alicyclic amines) is 1. The molecule has 0 spiro atoms. The van der Waals surface area contributed by atoms with Crippen LogP contribution in [0, 0.1) is 11.8 Å². The molecule has 0 bridgehead atoms. The van der Waals surface area contributed by atoms with E-state index in [0.717, 1.165) is 19.5 Å². The zero-order chi connectivity index (χ0) is 14.3. The predicted molar refractivity (Wildman–Crippen MR) is 73.0 cm³/mol. The SMILES string of the molecule is CCC(CNC(=O)NCC1CCCN(C)C1)C(=O)O. The average Bonchev–Trinajstić information content (AvgIpc) is 2.37. The van der Waals surface area contributed by atoms with E-state index in [2.05, 4.69) is 22.6 Å². The van der Waals surface area contributed by atoms with E-state index in [1.165, 1.54) is 6.42 Å². The normalized spacial score (nSPS) is 21.7. The van der Waals surface area contributed by atoms with Crippen LogP contribution in [0.3, 0.4) is 0 Å². The zero-order valence-electron chi connectivity index (χ0n) is 11.8. The molecule has 3 N–H and O–H groups in total. The van der Waals surface area contributed by atoms with Crippen molar-refractivity contribution in [1.82, 2.24) is 15.5 Å². The van der Waals surface area contributed by atoms with Crippen molar-refractivity contribution in [2.45, 2.75) is 26.2 Å². The molecule has 0 saturated carbocycles. The summed E-state index contributed by atoms with van der Waals surface area (Å²) in [5, 5.41) is 14.3. The van der Waals surface area contributed by atoms with Crippen molar-refractivity contribution < 1.29 is 14.7 Å². The van der Waals surface area contributed by atoms with E-state index in [1.807, 2.05) is 0 Å². The third kappa shape index (κ3) is 5.92. The number of carboxylic acid groups (broad SMARTS) is 1. The lowest BCUT2D eigenvalue weighted by atomic mass is 9.99. The maximum atomic E-state index is 11.6. The van der Waals surface area contributed by atoms with Gasteiger partial charge < -0.3 is 20.6 Å². The number of nitrogens with one attached hydrogen (secondary N) is 2. The molecular weight excluding hydrogens is 246 g/mol. The molecule has 0 aromatic heterocycles. The molecule has 19 heavy (non-hydrogen) atoms. The van der Waals surface area contributed by atoms with Crippen molar-refractivity contribution in [3.63, 3.8) is 0 Å². The first kappa shape index (κ1) is 15.8. The van der Waals surface area contributed by atoms with Crippen molar-refractivity contribution in [3.8, 4) is 0 Å². The highest BCUT2D eigenvalue weighted by Gasteiger charge is 2.19. The first-order valence-electron chi connectivity index (χ1n) is 6.96. The number of aliphatic carboxylic acids is 1. The van der Waals surface area contributed by atoms with Gasteiger partial charge in [-0.1, -0.05) is 6.92 Å². The first-order chi connectivity index (χ1) is 9.02. The number of nitrogens with zero attached hydrogens (tertiary/aromatic N) is 1. The lowest BCUT2D eigenvalue weighted by Crippen LogP contribution is -2.44. The van der Waals surface area contributed by atoms with Gasteiger partial charge in [0.1, 0.15) is 0 Å². The van der Waals surface area contributed by atoms with E-state index >= 15 is 0 Å². The summed E-state index contributed by atoms with van der Waals surface area (Å²) in [5.41, 5.74) is 0. The summed E-state index contributed by atoms with van der Waals surface area (Å²) in [4.78, 5) is 24.7. The van der Waals surface area contributed by atoms with Gasteiger partial charge in [0.2, 0.25) is 0 Å². The van der Waals surface area contributed by atoms with Crippen molar-refractivity contribution >= 4 is 12.0 Å². The zero-order valence-corrected chi connectivity index (χ0v) is 11.8. The first-order valence-corrected chi connectivity index (χ1v) is 6.96. The fourth-order valence-corrected chi connectivity index (χ4v) is 2.36. The van der Waals surface area contributed by atoms with Gasteiger partial charge in [0.25, 0.3) is 0 Å². The second kappa shape index (κ2) is 7.99. The van der Waals surface area contributed by atoms with Gasteiger partial charge in [0.05, 0.1) is 5.92 Å². The third-order valence-electron chi connectivity index (χ3n) is 3.62. The Hall–Kier alpha value is -1.30. The van der Waals surface area contributed by atoms with Crippen molar-refractivity contribution in [1.29, 1.82) is 0 Å². The van der Waals surface area contributed by atoms with E-state index in [0.29, 0.717) is 18.9 Å². The van der Waals surface area contributed by atoms with Gasteiger partial charge in [0, 0.05) is 19.6 Å². The number of rotatable bonds is 6. The fourth-order valence-electron chi connectivity index (χ4n) is 2.36. The number of carbonyl (C=O) groups excluding carboxylic acids is 1. The quantitative estimate of drug-likeness (QED) is 0.665. The Morgan fingerprint density at radius 1 is 1.42 bits per heavy atom. The van der Waals surface area contributed by atoms with Crippen molar-refractivity contribution in [2.24, 2.45) is 11.8 Å². The third-order valence-corrected chi connectivity index (χ3v) is 3.62. The van der Waals surface area contributed by atoms with Gasteiger partial charge in [-0.2, -0.15) is 0 Å². The van der Waals surface area contributed by atoms with E-state index < -0.39 is 11.9 Å². The van der Waals surface area contributed by atoms with Crippen LogP contribution in [0.5, 0.6) is 0 Å². The number of urea groups is 1. The maximum Gasteiger partial charge on any atom is 0.314 e. The van der Waals surface area contributed by atoms with Gasteiger partial charge in [-0.15, -0.1) is 0 Å². The largest absolute Gasteiger partial charge is 0.481 e. The number of carboxylic acids is 1. The summed E-state index contributed by atoms with van der Waals surface area (Å²) in [5.74, 6) is -0.880. The summed E-state index contributed by atoms with van der Waals surface area (Å²) in [7, 11) is 2.09. The van der Waals surface area contributed by atoms with Gasteiger partial charge in [-0.05, 0) is 38.8 Å². The fraction of sp³-hybridized carbons (Fsp3) is 0.846. The van der Waals surface area contributed by atoms with Gasteiger partial charge in [-0.25, -0.2) is 4.79 Å². The summed E-state index contributed by atoms with van der Waals surface area (Å²) in [6.07, 6.45) is 2.82. The number of hydrogen-bond donors (Lipinski definition) is 3. The van der Waals surface area contributed by atoms with Crippen molar-refractivity contribution in [2.75, 3.05) is 33.2 Å². The maximum absolute atomic E-state index is 11.6. The standard InChI is InChI=1S/C13H25N3O3/c1-3-11(12(17)18)8-15-13(19)14-7-10-5-4-6-16(2)9-10/h10-11H,3-9H2,1-2H3,(H,17,18)(H2,14,15,19). The van der Waals surface area contributed by atoms with E-state index in [-0.39, 0.29) is 12.6 Å². The Kier molecular flexibility index (Phi) is 6.62. The monoisotopic (exact) mass is 271 g/mol. The molecular formula is C13H25N3O3. The lowest BCUT2D eigenvalue weighted by molar-refractivity contribution is -0.141. The Morgan fingerprint density at radius 2 is 2.16 bits per heavy atom. The van der Waals surface area contributed by atoms with E-state index in [9.17, 15) is 9.59 Å². The van der Waals surface area contributed by atoms with Gasteiger partial charge in [-0.3, -0.25) is 4.79 Å². The predicted octanol–water partition coefficient (Wildman–Crippen LogP) is 0.738. The van der Waals surface area contributed by atoms with Crippen molar-refractivity contribution in [3.05, 3.63) is 0 Å². The van der Waals surface area contributed by atoms with Crippen LogP contribution in [0.1, 0.15) is 26.2 Å². The summed E-state index contributed by atoms with van der Waals surface area (Å²) in [6, 6.07) is -0.270. The van der Waals surface area contributed by atoms with Gasteiger partial charge >= 0.3 is 12.0 Å². The minimum absolute atomic E-state index is 0.183. The smallest absolute Gasteiger partial charge is 0.314 e. The molecule has 6 heteroatoms. The Labute approximate surface area is 114 Å². The average molecular weight is 271 g/mol. The number of piperidine rings is 1. The van der Waals surface area contributed by atoms with E-state index in [4.69, 9.17) is 5.11 Å². The molecule has 2 amide bonds. The summed E-state index contributed by atoms with van der Waals surface area (Å²) >= 11 is 0. The second-order valence-electron chi connectivity index (χ2n) is 5.30. The molecule has 1 heterocycles. The lowest BCUT2D eigenvalue weighted by Gasteiger charge is -2.29. The minimum Gasteiger partial charge on any atom is -0.481 e. The van der Waals surface area contributed by atoms with E-state index in [1.54, 1.807) is 6.92 Å². The summed E-state index contributed by atoms with van der Waals surface area (Å²) in [6.45, 7) is 4.77. The van der Waals surface area contributed by atoms with Crippen LogP contribution in [0.2, 0.25) is 0 Å². The van der Waals surface area contributed by atoms with Crippen LogP contribution in [0.4, 0.5) is 4.79 Å². The molecule has 1 fully saturated rings. The molecule has 2 unspecified atom stereocenters. The molecule has 1 aliphatic heterocycles.